The Morgan fingerprint density at radius 1 is 1.27 bits per heavy atom. The number of aryl methyl sites for hydroxylation is 1. The van der Waals surface area contributed by atoms with Gasteiger partial charge in [0.15, 0.2) is 0 Å². The number of carbonyl (C=O) groups is 1. The van der Waals surface area contributed by atoms with Crippen LogP contribution in [-0.4, -0.2) is 41.5 Å². The van der Waals surface area contributed by atoms with Crippen LogP contribution in [0, 0.1) is 6.92 Å². The van der Waals surface area contributed by atoms with Crippen LogP contribution in [0.1, 0.15) is 22.8 Å². The highest BCUT2D eigenvalue weighted by atomic mass is 16.2. The van der Waals surface area contributed by atoms with E-state index < -0.39 is 0 Å². The summed E-state index contributed by atoms with van der Waals surface area (Å²) in [6.45, 7) is 6.50. The first-order valence-corrected chi connectivity index (χ1v) is 7.68. The molecule has 0 unspecified atom stereocenters. The SMILES string of the molecule is Cc1cccc(-c2cncc(C(=O)N3CCN[C@H](C)C3)c2)c1. The molecule has 1 saturated heterocycles. The first-order chi connectivity index (χ1) is 10.6. The van der Waals surface area contributed by atoms with Gasteiger partial charge in [-0.25, -0.2) is 0 Å². The Balaban J connectivity index is 1.86. The molecule has 2 aromatic rings. The maximum atomic E-state index is 12.7. The van der Waals surface area contributed by atoms with Crippen LogP contribution in [0.4, 0.5) is 0 Å². The van der Waals surface area contributed by atoms with Crippen molar-refractivity contribution < 1.29 is 4.79 Å². The minimum absolute atomic E-state index is 0.0651. The van der Waals surface area contributed by atoms with Gasteiger partial charge in [-0.05, 0) is 25.5 Å². The third-order valence-corrected chi connectivity index (χ3v) is 3.99. The summed E-state index contributed by atoms with van der Waals surface area (Å²) in [5.41, 5.74) is 3.94. The van der Waals surface area contributed by atoms with Crippen LogP contribution < -0.4 is 5.32 Å². The number of pyridine rings is 1. The second-order valence-electron chi connectivity index (χ2n) is 5.94. The molecule has 0 radical (unpaired) electrons. The Kier molecular flexibility index (Phi) is 4.20. The van der Waals surface area contributed by atoms with Crippen LogP contribution in [0.5, 0.6) is 0 Å². The van der Waals surface area contributed by atoms with E-state index in [2.05, 4.69) is 36.3 Å². The van der Waals surface area contributed by atoms with Crippen molar-refractivity contribution in [3.8, 4) is 11.1 Å². The van der Waals surface area contributed by atoms with Crippen molar-refractivity contribution in [3.63, 3.8) is 0 Å². The van der Waals surface area contributed by atoms with Gasteiger partial charge >= 0.3 is 0 Å². The topological polar surface area (TPSA) is 45.2 Å². The lowest BCUT2D eigenvalue weighted by Gasteiger charge is -2.31. The number of hydrogen-bond donors (Lipinski definition) is 1. The van der Waals surface area contributed by atoms with E-state index in [1.807, 2.05) is 29.3 Å². The highest BCUT2D eigenvalue weighted by molar-refractivity contribution is 5.95. The van der Waals surface area contributed by atoms with Crippen molar-refractivity contribution in [3.05, 3.63) is 53.9 Å². The molecule has 22 heavy (non-hydrogen) atoms. The molecule has 1 amide bonds. The predicted molar refractivity (Wildman–Crippen MR) is 87.8 cm³/mol. The van der Waals surface area contributed by atoms with Crippen LogP contribution >= 0.6 is 0 Å². The normalized spacial score (nSPS) is 18.3. The van der Waals surface area contributed by atoms with Gasteiger partial charge in [-0.15, -0.1) is 0 Å². The van der Waals surface area contributed by atoms with Gasteiger partial charge < -0.3 is 10.2 Å². The smallest absolute Gasteiger partial charge is 0.255 e. The fraction of sp³-hybridized carbons (Fsp3) is 0.333. The zero-order chi connectivity index (χ0) is 15.5. The molecule has 1 aliphatic rings. The van der Waals surface area contributed by atoms with Crippen LogP contribution in [0.25, 0.3) is 11.1 Å². The summed E-state index contributed by atoms with van der Waals surface area (Å²) in [7, 11) is 0. The maximum Gasteiger partial charge on any atom is 0.255 e. The highest BCUT2D eigenvalue weighted by Crippen LogP contribution is 2.21. The highest BCUT2D eigenvalue weighted by Gasteiger charge is 2.22. The molecule has 4 nitrogen and oxygen atoms in total. The third-order valence-electron chi connectivity index (χ3n) is 3.99. The summed E-state index contributed by atoms with van der Waals surface area (Å²) >= 11 is 0. The maximum absolute atomic E-state index is 12.7. The van der Waals surface area contributed by atoms with Crippen molar-refractivity contribution in [2.24, 2.45) is 0 Å². The Morgan fingerprint density at radius 3 is 2.91 bits per heavy atom. The number of benzene rings is 1. The van der Waals surface area contributed by atoms with Gasteiger partial charge in [-0.3, -0.25) is 9.78 Å². The van der Waals surface area contributed by atoms with Crippen LogP contribution in [0.2, 0.25) is 0 Å². The van der Waals surface area contributed by atoms with E-state index >= 15 is 0 Å². The second-order valence-corrected chi connectivity index (χ2v) is 5.94. The number of nitrogens with zero attached hydrogens (tertiary/aromatic N) is 2. The molecular weight excluding hydrogens is 274 g/mol. The minimum Gasteiger partial charge on any atom is -0.336 e. The molecule has 1 aromatic heterocycles. The van der Waals surface area contributed by atoms with Crippen LogP contribution in [0.15, 0.2) is 42.7 Å². The molecular formula is C18H21N3O. The van der Waals surface area contributed by atoms with E-state index in [0.717, 1.165) is 30.8 Å². The van der Waals surface area contributed by atoms with E-state index in [-0.39, 0.29) is 5.91 Å². The molecule has 0 aliphatic carbocycles. The first kappa shape index (κ1) is 14.7. The molecule has 0 spiro atoms. The average Bonchev–Trinajstić information content (AvgIpc) is 2.54. The number of piperazine rings is 1. The molecule has 0 saturated carbocycles. The Hall–Kier alpha value is -2.20. The zero-order valence-electron chi connectivity index (χ0n) is 13.0. The lowest BCUT2D eigenvalue weighted by Crippen LogP contribution is -2.51. The molecule has 2 heterocycles. The van der Waals surface area contributed by atoms with E-state index in [1.54, 1.807) is 6.20 Å². The number of carbonyl (C=O) groups excluding carboxylic acids is 1. The lowest BCUT2D eigenvalue weighted by molar-refractivity contribution is 0.0708. The second kappa shape index (κ2) is 6.28. The number of aromatic nitrogens is 1. The Labute approximate surface area is 131 Å². The van der Waals surface area contributed by atoms with Crippen molar-refractivity contribution in [2.75, 3.05) is 19.6 Å². The fourth-order valence-electron chi connectivity index (χ4n) is 2.84. The molecule has 0 bridgehead atoms. The largest absolute Gasteiger partial charge is 0.336 e. The van der Waals surface area contributed by atoms with Crippen LogP contribution in [-0.2, 0) is 0 Å². The van der Waals surface area contributed by atoms with Gasteiger partial charge in [0.2, 0.25) is 0 Å². The Bertz CT molecular complexity index is 684. The molecule has 1 N–H and O–H groups in total. The van der Waals surface area contributed by atoms with Crippen molar-refractivity contribution in [1.29, 1.82) is 0 Å². The quantitative estimate of drug-likeness (QED) is 0.926. The van der Waals surface area contributed by atoms with E-state index in [1.165, 1.54) is 5.56 Å². The van der Waals surface area contributed by atoms with Crippen LogP contribution in [0.3, 0.4) is 0 Å². The van der Waals surface area contributed by atoms with Crippen molar-refractivity contribution >= 4 is 5.91 Å². The molecule has 1 aliphatic heterocycles. The standard InChI is InChI=1S/C18H21N3O/c1-13-4-3-5-15(8-13)16-9-17(11-19-10-16)18(22)21-7-6-20-14(2)12-21/h3-5,8-11,14,20H,6-7,12H2,1-2H3/t14-/m1/s1. The van der Waals surface area contributed by atoms with Gasteiger partial charge in [0, 0.05) is 43.6 Å². The lowest BCUT2D eigenvalue weighted by atomic mass is 10.0. The van der Waals surface area contributed by atoms with Gasteiger partial charge in [-0.2, -0.15) is 0 Å². The van der Waals surface area contributed by atoms with E-state index in [9.17, 15) is 4.79 Å². The molecule has 4 heteroatoms. The summed E-state index contributed by atoms with van der Waals surface area (Å²) < 4.78 is 0. The summed E-state index contributed by atoms with van der Waals surface area (Å²) in [6, 6.07) is 10.5. The summed E-state index contributed by atoms with van der Waals surface area (Å²) in [4.78, 5) is 18.8. The number of nitrogens with one attached hydrogen (secondary N) is 1. The summed E-state index contributed by atoms with van der Waals surface area (Å²) in [6.07, 6.45) is 3.47. The van der Waals surface area contributed by atoms with E-state index in [0.29, 0.717) is 11.6 Å². The van der Waals surface area contributed by atoms with Crippen molar-refractivity contribution in [1.82, 2.24) is 15.2 Å². The number of hydrogen-bond acceptors (Lipinski definition) is 3. The molecule has 3 rings (SSSR count). The van der Waals surface area contributed by atoms with Crippen molar-refractivity contribution in [2.45, 2.75) is 19.9 Å². The third kappa shape index (κ3) is 3.17. The molecule has 1 atom stereocenters. The van der Waals surface area contributed by atoms with Gasteiger partial charge in [0.1, 0.15) is 0 Å². The van der Waals surface area contributed by atoms with Gasteiger partial charge in [0.25, 0.3) is 5.91 Å². The predicted octanol–water partition coefficient (Wildman–Crippen LogP) is 2.49. The monoisotopic (exact) mass is 295 g/mol. The Morgan fingerprint density at radius 2 is 2.14 bits per heavy atom. The first-order valence-electron chi connectivity index (χ1n) is 7.68. The average molecular weight is 295 g/mol. The summed E-state index contributed by atoms with van der Waals surface area (Å²) in [5, 5.41) is 3.35. The molecule has 1 fully saturated rings. The molecule has 114 valence electrons. The van der Waals surface area contributed by atoms with Gasteiger partial charge in [0.05, 0.1) is 5.56 Å². The van der Waals surface area contributed by atoms with E-state index in [4.69, 9.17) is 0 Å². The number of amides is 1. The summed E-state index contributed by atoms with van der Waals surface area (Å²) in [5.74, 6) is 0.0651. The minimum atomic E-state index is 0.0651. The van der Waals surface area contributed by atoms with Gasteiger partial charge in [-0.1, -0.05) is 29.8 Å². The molecule has 1 aromatic carbocycles. The number of rotatable bonds is 2. The fourth-order valence-corrected chi connectivity index (χ4v) is 2.84. The zero-order valence-corrected chi connectivity index (χ0v) is 13.0.